The molecule has 0 spiro atoms. The predicted molar refractivity (Wildman–Crippen MR) is 176 cm³/mol. The van der Waals surface area contributed by atoms with Crippen molar-refractivity contribution in [2.24, 2.45) is 5.10 Å². The Labute approximate surface area is 265 Å². The summed E-state index contributed by atoms with van der Waals surface area (Å²) in [6.45, 7) is 8.15. The summed E-state index contributed by atoms with van der Waals surface area (Å²) in [6, 6.07) is 21.7. The molecule has 230 valence electrons. The SMILES string of the molecule is CCOc1cc(C)c(-c2nc3ccccc3c(=O)n2N=Cc2cc(Cl)ccc2OCC(=O)Nc2ccccc2F)cc1C(C)C. The Kier molecular flexibility index (Phi) is 9.59. The molecule has 1 amide bonds. The molecule has 0 fully saturated rings. The Bertz CT molecular complexity index is 1970. The van der Waals surface area contributed by atoms with E-state index in [4.69, 9.17) is 26.1 Å². The van der Waals surface area contributed by atoms with Crippen LogP contribution in [0.4, 0.5) is 10.1 Å². The Hall–Kier alpha value is -5.02. The number of aryl methyl sites for hydroxylation is 1. The van der Waals surface area contributed by atoms with Gasteiger partial charge < -0.3 is 14.8 Å². The van der Waals surface area contributed by atoms with Gasteiger partial charge in [-0.2, -0.15) is 9.78 Å². The largest absolute Gasteiger partial charge is 0.494 e. The van der Waals surface area contributed by atoms with Crippen molar-refractivity contribution in [1.82, 2.24) is 9.66 Å². The quantitative estimate of drug-likeness (QED) is 0.161. The van der Waals surface area contributed by atoms with E-state index in [1.807, 2.05) is 32.0 Å². The van der Waals surface area contributed by atoms with Gasteiger partial charge in [-0.25, -0.2) is 9.37 Å². The average Bonchev–Trinajstić information content (AvgIpc) is 3.01. The summed E-state index contributed by atoms with van der Waals surface area (Å²) in [4.78, 5) is 31.2. The molecule has 5 rings (SSSR count). The van der Waals surface area contributed by atoms with Crippen LogP contribution in [0.15, 0.2) is 88.8 Å². The van der Waals surface area contributed by atoms with Crippen molar-refractivity contribution in [3.05, 3.63) is 117 Å². The maximum Gasteiger partial charge on any atom is 0.282 e. The van der Waals surface area contributed by atoms with Crippen molar-refractivity contribution in [1.29, 1.82) is 0 Å². The highest BCUT2D eigenvalue weighted by Crippen LogP contribution is 2.34. The lowest BCUT2D eigenvalue weighted by Gasteiger charge is -2.18. The van der Waals surface area contributed by atoms with Crippen LogP contribution >= 0.6 is 11.6 Å². The molecule has 8 nitrogen and oxygen atoms in total. The maximum absolute atomic E-state index is 14.0. The van der Waals surface area contributed by atoms with Gasteiger partial charge in [-0.15, -0.1) is 0 Å². The number of hydrogen-bond acceptors (Lipinski definition) is 6. The Balaban J connectivity index is 1.55. The zero-order valence-corrected chi connectivity index (χ0v) is 26.1. The molecule has 0 unspecified atom stereocenters. The highest BCUT2D eigenvalue weighted by atomic mass is 35.5. The number of nitrogens with one attached hydrogen (secondary N) is 1. The molecule has 1 aromatic heterocycles. The first-order valence-corrected chi connectivity index (χ1v) is 14.8. The van der Waals surface area contributed by atoms with E-state index in [-0.39, 0.29) is 22.9 Å². The minimum absolute atomic E-state index is 0.0462. The molecule has 1 heterocycles. The van der Waals surface area contributed by atoms with E-state index >= 15 is 0 Å². The standard InChI is InChI=1S/C35H32ClFN4O4/c1-5-44-32-16-22(4)27(18-26(32)21(2)3)34-40-29-12-8-6-10-25(29)35(43)41(34)38-19-23-17-24(36)14-15-31(23)45-20-33(42)39-30-13-9-7-11-28(30)37/h6-19,21H,5,20H2,1-4H3,(H,39,42). The molecule has 0 aliphatic rings. The van der Waals surface area contributed by atoms with Gasteiger partial charge in [0.2, 0.25) is 0 Å². The highest BCUT2D eigenvalue weighted by molar-refractivity contribution is 6.30. The van der Waals surface area contributed by atoms with Gasteiger partial charge in [0, 0.05) is 16.1 Å². The van der Waals surface area contributed by atoms with Crippen LogP contribution in [-0.2, 0) is 4.79 Å². The predicted octanol–water partition coefficient (Wildman–Crippen LogP) is 7.59. The molecule has 5 aromatic rings. The van der Waals surface area contributed by atoms with Gasteiger partial charge in [0.15, 0.2) is 12.4 Å². The van der Waals surface area contributed by atoms with Crippen LogP contribution in [0.25, 0.3) is 22.3 Å². The molecule has 4 aromatic carbocycles. The number of fused-ring (bicyclic) bond motifs is 1. The summed E-state index contributed by atoms with van der Waals surface area (Å²) in [5, 5.41) is 7.87. The Morgan fingerprint density at radius 2 is 1.80 bits per heavy atom. The summed E-state index contributed by atoms with van der Waals surface area (Å²) in [5.41, 5.74) is 3.21. The highest BCUT2D eigenvalue weighted by Gasteiger charge is 2.19. The van der Waals surface area contributed by atoms with E-state index in [2.05, 4.69) is 24.3 Å². The molecule has 0 bridgehead atoms. The number of para-hydroxylation sites is 2. The summed E-state index contributed by atoms with van der Waals surface area (Å²) in [7, 11) is 0. The van der Waals surface area contributed by atoms with Crippen LogP contribution < -0.4 is 20.3 Å². The van der Waals surface area contributed by atoms with E-state index < -0.39 is 18.3 Å². The third kappa shape index (κ3) is 7.05. The Morgan fingerprint density at radius 3 is 2.56 bits per heavy atom. The molecule has 0 saturated carbocycles. The van der Waals surface area contributed by atoms with Gasteiger partial charge >= 0.3 is 0 Å². The van der Waals surface area contributed by atoms with E-state index in [0.717, 1.165) is 22.4 Å². The summed E-state index contributed by atoms with van der Waals surface area (Å²) in [5.74, 6) is 0.463. The molecule has 0 saturated heterocycles. The first kappa shape index (κ1) is 31.4. The lowest BCUT2D eigenvalue weighted by molar-refractivity contribution is -0.118. The monoisotopic (exact) mass is 626 g/mol. The van der Waals surface area contributed by atoms with Crippen molar-refractivity contribution >= 4 is 40.3 Å². The van der Waals surface area contributed by atoms with Crippen LogP contribution in [0, 0.1) is 12.7 Å². The van der Waals surface area contributed by atoms with E-state index in [9.17, 15) is 14.0 Å². The van der Waals surface area contributed by atoms with Crippen molar-refractivity contribution < 1.29 is 18.7 Å². The van der Waals surface area contributed by atoms with Crippen molar-refractivity contribution in [2.45, 2.75) is 33.6 Å². The van der Waals surface area contributed by atoms with E-state index in [0.29, 0.717) is 33.9 Å². The number of carbonyl (C=O) groups is 1. The second-order valence-corrected chi connectivity index (χ2v) is 11.0. The first-order chi connectivity index (χ1) is 21.7. The van der Waals surface area contributed by atoms with Crippen molar-refractivity contribution in [2.75, 3.05) is 18.5 Å². The molecule has 0 aliphatic heterocycles. The molecular formula is C35H32ClFN4O4. The number of rotatable bonds is 10. The minimum atomic E-state index is -0.557. The molecule has 0 radical (unpaired) electrons. The van der Waals surface area contributed by atoms with Gasteiger partial charge in [-0.1, -0.05) is 49.7 Å². The maximum atomic E-state index is 14.0. The van der Waals surface area contributed by atoms with Gasteiger partial charge in [0.1, 0.15) is 17.3 Å². The van der Waals surface area contributed by atoms with E-state index in [1.165, 1.54) is 29.1 Å². The lowest BCUT2D eigenvalue weighted by atomic mass is 9.96. The van der Waals surface area contributed by atoms with Crippen molar-refractivity contribution in [3.8, 4) is 22.9 Å². The number of ether oxygens (including phenoxy) is 2. The summed E-state index contributed by atoms with van der Waals surface area (Å²) >= 11 is 6.30. The average molecular weight is 627 g/mol. The molecule has 10 heteroatoms. The smallest absolute Gasteiger partial charge is 0.282 e. The fourth-order valence-corrected chi connectivity index (χ4v) is 5.02. The second-order valence-electron chi connectivity index (χ2n) is 10.6. The number of carbonyl (C=O) groups excluding carboxylic acids is 1. The summed E-state index contributed by atoms with van der Waals surface area (Å²) < 4.78 is 26.9. The van der Waals surface area contributed by atoms with E-state index in [1.54, 1.807) is 42.5 Å². The number of halogens is 2. The number of amides is 1. The molecule has 45 heavy (non-hydrogen) atoms. The van der Waals surface area contributed by atoms with Gasteiger partial charge in [-0.05, 0) is 85.5 Å². The zero-order valence-electron chi connectivity index (χ0n) is 25.3. The number of anilines is 1. The van der Waals surface area contributed by atoms with Crippen LogP contribution in [-0.4, -0.2) is 35.0 Å². The van der Waals surface area contributed by atoms with Gasteiger partial charge in [-0.3, -0.25) is 9.59 Å². The fourth-order valence-electron chi connectivity index (χ4n) is 4.84. The molecular weight excluding hydrogens is 595 g/mol. The van der Waals surface area contributed by atoms with Crippen LogP contribution in [0.5, 0.6) is 11.5 Å². The fraction of sp³-hybridized carbons (Fsp3) is 0.200. The van der Waals surface area contributed by atoms with Gasteiger partial charge in [0.25, 0.3) is 11.5 Å². The topological polar surface area (TPSA) is 94.8 Å². The second kappa shape index (κ2) is 13.7. The first-order valence-electron chi connectivity index (χ1n) is 14.5. The number of hydrogen-bond donors (Lipinski definition) is 1. The third-order valence-electron chi connectivity index (χ3n) is 7.06. The van der Waals surface area contributed by atoms with Gasteiger partial charge in [0.05, 0.1) is 29.4 Å². The number of nitrogens with zero attached hydrogens (tertiary/aromatic N) is 3. The number of benzene rings is 4. The lowest BCUT2D eigenvalue weighted by Crippen LogP contribution is -2.21. The normalized spacial score (nSPS) is 11.4. The molecule has 1 N–H and O–H groups in total. The minimum Gasteiger partial charge on any atom is -0.494 e. The zero-order chi connectivity index (χ0) is 32.1. The van der Waals surface area contributed by atoms with Crippen LogP contribution in [0.3, 0.4) is 0 Å². The van der Waals surface area contributed by atoms with Crippen LogP contribution in [0.2, 0.25) is 5.02 Å². The third-order valence-corrected chi connectivity index (χ3v) is 7.30. The number of aromatic nitrogens is 2. The van der Waals surface area contributed by atoms with Crippen molar-refractivity contribution in [3.63, 3.8) is 0 Å². The van der Waals surface area contributed by atoms with Crippen LogP contribution in [0.1, 0.15) is 43.4 Å². The summed E-state index contributed by atoms with van der Waals surface area (Å²) in [6.07, 6.45) is 1.44. The molecule has 0 atom stereocenters. The Morgan fingerprint density at radius 1 is 1.04 bits per heavy atom. The molecule has 0 aliphatic carbocycles.